The summed E-state index contributed by atoms with van der Waals surface area (Å²) >= 11 is 1.87. The SMILES string of the molecule is Cc1sc(C)c2c1CCO[C@@H]2CN. The van der Waals surface area contributed by atoms with E-state index >= 15 is 0 Å². The van der Waals surface area contributed by atoms with E-state index in [1.54, 1.807) is 0 Å². The molecule has 0 unspecified atom stereocenters. The first kappa shape index (κ1) is 9.19. The number of thiophene rings is 1. The van der Waals surface area contributed by atoms with Crippen molar-refractivity contribution < 1.29 is 4.74 Å². The van der Waals surface area contributed by atoms with E-state index in [-0.39, 0.29) is 6.10 Å². The van der Waals surface area contributed by atoms with E-state index in [4.69, 9.17) is 10.5 Å². The first-order valence-electron chi connectivity index (χ1n) is 4.64. The maximum atomic E-state index is 5.68. The molecule has 2 N–H and O–H groups in total. The van der Waals surface area contributed by atoms with Crippen molar-refractivity contribution in [2.75, 3.05) is 13.2 Å². The van der Waals surface area contributed by atoms with E-state index in [2.05, 4.69) is 13.8 Å². The molecule has 2 nitrogen and oxygen atoms in total. The minimum Gasteiger partial charge on any atom is -0.372 e. The topological polar surface area (TPSA) is 35.2 Å². The third-order valence-corrected chi connectivity index (χ3v) is 3.72. The van der Waals surface area contributed by atoms with Gasteiger partial charge in [0.1, 0.15) is 0 Å². The van der Waals surface area contributed by atoms with Gasteiger partial charge in [0.05, 0.1) is 12.7 Å². The first-order valence-corrected chi connectivity index (χ1v) is 5.46. The lowest BCUT2D eigenvalue weighted by Crippen LogP contribution is -2.22. The number of ether oxygens (including phenoxy) is 1. The van der Waals surface area contributed by atoms with Crippen LogP contribution >= 0.6 is 11.3 Å². The molecule has 1 aliphatic rings. The molecule has 2 heterocycles. The summed E-state index contributed by atoms with van der Waals surface area (Å²) in [6, 6.07) is 0. The summed E-state index contributed by atoms with van der Waals surface area (Å²) in [4.78, 5) is 2.82. The molecular formula is C10H15NOS. The molecule has 0 amide bonds. The van der Waals surface area contributed by atoms with E-state index in [1.165, 1.54) is 20.9 Å². The van der Waals surface area contributed by atoms with Crippen LogP contribution in [-0.2, 0) is 11.2 Å². The van der Waals surface area contributed by atoms with Gasteiger partial charge in [0.15, 0.2) is 0 Å². The lowest BCUT2D eigenvalue weighted by atomic mass is 9.98. The summed E-state index contributed by atoms with van der Waals surface area (Å²) in [7, 11) is 0. The van der Waals surface area contributed by atoms with Crippen LogP contribution in [0.25, 0.3) is 0 Å². The van der Waals surface area contributed by atoms with Gasteiger partial charge in [0, 0.05) is 16.3 Å². The molecule has 0 bridgehead atoms. The van der Waals surface area contributed by atoms with Gasteiger partial charge in [-0.15, -0.1) is 11.3 Å². The number of rotatable bonds is 1. The summed E-state index contributed by atoms with van der Waals surface area (Å²) in [6.07, 6.45) is 1.20. The fraction of sp³-hybridized carbons (Fsp3) is 0.600. The van der Waals surface area contributed by atoms with Crippen molar-refractivity contribution in [3.05, 3.63) is 20.9 Å². The van der Waals surface area contributed by atoms with Crippen molar-refractivity contribution in [1.82, 2.24) is 0 Å². The average Bonchev–Trinajstić information content (AvgIpc) is 2.43. The van der Waals surface area contributed by atoms with Crippen LogP contribution in [0.5, 0.6) is 0 Å². The molecule has 1 aromatic heterocycles. The summed E-state index contributed by atoms with van der Waals surface area (Å²) in [5.41, 5.74) is 8.54. The third kappa shape index (κ3) is 1.41. The highest BCUT2D eigenvalue weighted by molar-refractivity contribution is 7.12. The Kier molecular flexibility index (Phi) is 2.41. The Balaban J connectivity index is 2.48. The van der Waals surface area contributed by atoms with Gasteiger partial charge < -0.3 is 10.5 Å². The van der Waals surface area contributed by atoms with Gasteiger partial charge in [0.2, 0.25) is 0 Å². The number of hydrogen-bond acceptors (Lipinski definition) is 3. The van der Waals surface area contributed by atoms with Gasteiger partial charge in [-0.1, -0.05) is 0 Å². The van der Waals surface area contributed by atoms with E-state index in [9.17, 15) is 0 Å². The molecule has 0 aromatic carbocycles. The molecule has 0 saturated carbocycles. The van der Waals surface area contributed by atoms with Crippen molar-refractivity contribution in [2.45, 2.75) is 26.4 Å². The number of hydrogen-bond donors (Lipinski definition) is 1. The Morgan fingerprint density at radius 1 is 1.46 bits per heavy atom. The molecule has 1 aliphatic heterocycles. The maximum Gasteiger partial charge on any atom is 0.0960 e. The van der Waals surface area contributed by atoms with E-state index < -0.39 is 0 Å². The molecule has 3 heteroatoms. The fourth-order valence-electron chi connectivity index (χ4n) is 2.05. The van der Waals surface area contributed by atoms with Crippen molar-refractivity contribution in [1.29, 1.82) is 0 Å². The predicted octanol–water partition coefficient (Wildman–Crippen LogP) is 1.94. The molecule has 0 spiro atoms. The van der Waals surface area contributed by atoms with E-state index in [1.807, 2.05) is 11.3 Å². The highest BCUT2D eigenvalue weighted by atomic mass is 32.1. The van der Waals surface area contributed by atoms with Crippen LogP contribution in [0.4, 0.5) is 0 Å². The lowest BCUT2D eigenvalue weighted by Gasteiger charge is -2.23. The zero-order valence-electron chi connectivity index (χ0n) is 8.09. The van der Waals surface area contributed by atoms with Gasteiger partial charge in [-0.2, -0.15) is 0 Å². The van der Waals surface area contributed by atoms with Crippen molar-refractivity contribution >= 4 is 11.3 Å². The maximum absolute atomic E-state index is 5.68. The van der Waals surface area contributed by atoms with Crippen molar-refractivity contribution in [3.63, 3.8) is 0 Å². The molecule has 1 atom stereocenters. The summed E-state index contributed by atoms with van der Waals surface area (Å²) in [5.74, 6) is 0. The van der Waals surface area contributed by atoms with Crippen molar-refractivity contribution in [2.24, 2.45) is 5.73 Å². The Morgan fingerprint density at radius 3 is 2.92 bits per heavy atom. The van der Waals surface area contributed by atoms with Crippen LogP contribution in [0.15, 0.2) is 0 Å². The van der Waals surface area contributed by atoms with Crippen LogP contribution in [0, 0.1) is 13.8 Å². The van der Waals surface area contributed by atoms with E-state index in [0.717, 1.165) is 13.0 Å². The van der Waals surface area contributed by atoms with Crippen LogP contribution in [0.2, 0.25) is 0 Å². The van der Waals surface area contributed by atoms with Crippen LogP contribution in [0.1, 0.15) is 27.0 Å². The monoisotopic (exact) mass is 197 g/mol. The number of fused-ring (bicyclic) bond motifs is 1. The minimum atomic E-state index is 0.147. The standard InChI is InChI=1S/C10H15NOS/c1-6-8-3-4-12-9(5-11)10(8)7(2)13-6/h9H,3-5,11H2,1-2H3/t9-/m1/s1. The largest absolute Gasteiger partial charge is 0.372 e. The van der Waals surface area contributed by atoms with Crippen LogP contribution < -0.4 is 5.73 Å². The van der Waals surface area contributed by atoms with Crippen LogP contribution in [0.3, 0.4) is 0 Å². The second-order valence-corrected chi connectivity index (χ2v) is 4.88. The Morgan fingerprint density at radius 2 is 2.23 bits per heavy atom. The molecule has 13 heavy (non-hydrogen) atoms. The highest BCUT2D eigenvalue weighted by Crippen LogP contribution is 2.36. The van der Waals surface area contributed by atoms with Gasteiger partial charge in [-0.3, -0.25) is 0 Å². The van der Waals surface area contributed by atoms with E-state index in [0.29, 0.717) is 6.54 Å². The van der Waals surface area contributed by atoms with Crippen LogP contribution in [-0.4, -0.2) is 13.2 Å². The number of aryl methyl sites for hydroxylation is 2. The molecule has 72 valence electrons. The zero-order valence-corrected chi connectivity index (χ0v) is 8.91. The molecule has 2 rings (SSSR count). The average molecular weight is 197 g/mol. The van der Waals surface area contributed by atoms with Crippen molar-refractivity contribution in [3.8, 4) is 0 Å². The zero-order chi connectivity index (χ0) is 9.42. The molecular weight excluding hydrogens is 182 g/mol. The Bertz CT molecular complexity index is 319. The lowest BCUT2D eigenvalue weighted by molar-refractivity contribution is 0.0485. The Hall–Kier alpha value is -0.380. The Labute approximate surface area is 82.7 Å². The second-order valence-electron chi connectivity index (χ2n) is 3.45. The molecule has 0 radical (unpaired) electrons. The van der Waals surface area contributed by atoms with Gasteiger partial charge >= 0.3 is 0 Å². The quantitative estimate of drug-likeness (QED) is 0.746. The number of nitrogens with two attached hydrogens (primary N) is 1. The normalized spacial score (nSPS) is 21.6. The molecule has 1 aromatic rings. The summed E-state index contributed by atoms with van der Waals surface area (Å²) in [5, 5.41) is 0. The summed E-state index contributed by atoms with van der Waals surface area (Å²) in [6.45, 7) is 5.78. The fourth-order valence-corrected chi connectivity index (χ4v) is 3.21. The highest BCUT2D eigenvalue weighted by Gasteiger charge is 2.24. The molecule has 0 fully saturated rings. The van der Waals surface area contributed by atoms with Gasteiger partial charge in [-0.25, -0.2) is 0 Å². The van der Waals surface area contributed by atoms with Gasteiger partial charge in [-0.05, 0) is 31.4 Å². The van der Waals surface area contributed by atoms with Gasteiger partial charge in [0.25, 0.3) is 0 Å². The smallest absolute Gasteiger partial charge is 0.0960 e. The predicted molar refractivity (Wildman–Crippen MR) is 55.2 cm³/mol. The molecule has 0 saturated heterocycles. The third-order valence-electron chi connectivity index (χ3n) is 2.64. The molecule has 0 aliphatic carbocycles. The first-order chi connectivity index (χ1) is 6.24. The minimum absolute atomic E-state index is 0.147. The second kappa shape index (κ2) is 3.40. The summed E-state index contributed by atoms with van der Waals surface area (Å²) < 4.78 is 5.63.